The molecular formula is C22H26N4O4. The number of rotatable bonds is 10. The second-order valence-electron chi connectivity index (χ2n) is 6.84. The van der Waals surface area contributed by atoms with Crippen molar-refractivity contribution in [1.29, 1.82) is 5.41 Å². The zero-order chi connectivity index (χ0) is 21.2. The standard InChI is InChI=1S/C22H26N4O4/c23-16-18(17-24-19-6-8-20(9-7-19)26(27)28)21-4-1-2-5-22(21)30-13-3-10-25-11-14-29-15-12-25/h1-2,4-9,16-17,23-24H,3,10-15H2/b18-17+,23-16?. The Bertz CT molecular complexity index is 877. The molecule has 0 aromatic heterocycles. The monoisotopic (exact) mass is 410 g/mol. The molecule has 0 spiro atoms. The topological polar surface area (TPSA) is 101 Å². The third-order valence-electron chi connectivity index (χ3n) is 4.81. The number of para-hydroxylation sites is 1. The summed E-state index contributed by atoms with van der Waals surface area (Å²) in [6, 6.07) is 13.7. The van der Waals surface area contributed by atoms with Crippen LogP contribution in [0.2, 0.25) is 0 Å². The van der Waals surface area contributed by atoms with Gasteiger partial charge in [-0.05, 0) is 24.6 Å². The zero-order valence-corrected chi connectivity index (χ0v) is 16.8. The minimum Gasteiger partial charge on any atom is -0.493 e. The number of nitro groups is 1. The van der Waals surface area contributed by atoms with E-state index in [2.05, 4.69) is 10.2 Å². The number of anilines is 1. The van der Waals surface area contributed by atoms with Crippen LogP contribution in [0.15, 0.2) is 54.7 Å². The van der Waals surface area contributed by atoms with Gasteiger partial charge in [-0.3, -0.25) is 15.0 Å². The number of non-ortho nitro benzene ring substituents is 1. The molecule has 0 atom stereocenters. The molecule has 30 heavy (non-hydrogen) atoms. The fraction of sp³-hybridized carbons (Fsp3) is 0.318. The molecule has 0 radical (unpaired) electrons. The van der Waals surface area contributed by atoms with E-state index in [0.717, 1.165) is 50.6 Å². The molecular weight excluding hydrogens is 384 g/mol. The molecule has 8 nitrogen and oxygen atoms in total. The van der Waals surface area contributed by atoms with E-state index < -0.39 is 4.92 Å². The molecule has 0 unspecified atom stereocenters. The van der Waals surface area contributed by atoms with Gasteiger partial charge >= 0.3 is 0 Å². The number of ether oxygens (including phenoxy) is 2. The summed E-state index contributed by atoms with van der Waals surface area (Å²) >= 11 is 0. The number of hydrogen-bond acceptors (Lipinski definition) is 7. The van der Waals surface area contributed by atoms with E-state index in [4.69, 9.17) is 14.9 Å². The van der Waals surface area contributed by atoms with Crippen LogP contribution in [0.4, 0.5) is 11.4 Å². The Morgan fingerprint density at radius 2 is 1.93 bits per heavy atom. The van der Waals surface area contributed by atoms with Crippen LogP contribution in [0.1, 0.15) is 12.0 Å². The molecule has 0 amide bonds. The van der Waals surface area contributed by atoms with E-state index in [9.17, 15) is 10.1 Å². The van der Waals surface area contributed by atoms with Gasteiger partial charge in [-0.15, -0.1) is 0 Å². The summed E-state index contributed by atoms with van der Waals surface area (Å²) in [4.78, 5) is 12.7. The zero-order valence-electron chi connectivity index (χ0n) is 16.8. The van der Waals surface area contributed by atoms with Crippen molar-refractivity contribution in [2.45, 2.75) is 6.42 Å². The van der Waals surface area contributed by atoms with Gasteiger partial charge in [0.15, 0.2) is 0 Å². The Balaban J connectivity index is 1.60. The first-order chi connectivity index (χ1) is 14.7. The molecule has 1 heterocycles. The fourth-order valence-corrected chi connectivity index (χ4v) is 3.16. The molecule has 158 valence electrons. The molecule has 1 aliphatic heterocycles. The van der Waals surface area contributed by atoms with E-state index in [1.54, 1.807) is 18.3 Å². The van der Waals surface area contributed by atoms with Gasteiger partial charge in [0.05, 0.1) is 24.7 Å². The molecule has 8 heteroatoms. The Morgan fingerprint density at radius 1 is 1.20 bits per heavy atom. The smallest absolute Gasteiger partial charge is 0.269 e. The van der Waals surface area contributed by atoms with Crippen molar-refractivity contribution < 1.29 is 14.4 Å². The van der Waals surface area contributed by atoms with Crippen molar-refractivity contribution in [3.8, 4) is 5.75 Å². The van der Waals surface area contributed by atoms with E-state index in [0.29, 0.717) is 17.9 Å². The summed E-state index contributed by atoms with van der Waals surface area (Å²) in [7, 11) is 0. The number of nitro benzene ring substituents is 1. The third-order valence-corrected chi connectivity index (χ3v) is 4.81. The number of hydrogen-bond donors (Lipinski definition) is 2. The van der Waals surface area contributed by atoms with Gasteiger partial charge in [0.25, 0.3) is 5.69 Å². The highest BCUT2D eigenvalue weighted by Gasteiger charge is 2.11. The van der Waals surface area contributed by atoms with Gasteiger partial charge in [0.2, 0.25) is 0 Å². The molecule has 2 N–H and O–H groups in total. The largest absolute Gasteiger partial charge is 0.493 e. The van der Waals surface area contributed by atoms with Crippen LogP contribution in [0, 0.1) is 15.5 Å². The Kier molecular flexibility index (Phi) is 7.94. The van der Waals surface area contributed by atoms with Crippen molar-refractivity contribution in [3.63, 3.8) is 0 Å². The molecule has 3 rings (SSSR count). The van der Waals surface area contributed by atoms with Crippen molar-refractivity contribution in [2.75, 3.05) is 44.8 Å². The number of morpholine rings is 1. The average Bonchev–Trinajstić information content (AvgIpc) is 2.79. The minimum absolute atomic E-state index is 0.0348. The highest BCUT2D eigenvalue weighted by molar-refractivity contribution is 6.09. The first-order valence-electron chi connectivity index (χ1n) is 9.91. The highest BCUT2D eigenvalue weighted by Crippen LogP contribution is 2.25. The molecule has 1 aliphatic rings. The summed E-state index contributed by atoms with van der Waals surface area (Å²) in [5.41, 5.74) is 2.20. The van der Waals surface area contributed by atoms with E-state index >= 15 is 0 Å². The third kappa shape index (κ3) is 6.13. The lowest BCUT2D eigenvalue weighted by atomic mass is 10.1. The van der Waals surface area contributed by atoms with Crippen LogP contribution in [0.3, 0.4) is 0 Å². The Hall–Kier alpha value is -3.23. The minimum atomic E-state index is -0.435. The molecule has 2 aromatic carbocycles. The maximum atomic E-state index is 10.8. The summed E-state index contributed by atoms with van der Waals surface area (Å²) in [6.45, 7) is 5.07. The SMILES string of the molecule is N=C/C(=C\Nc1ccc([N+](=O)[O-])cc1)c1ccccc1OCCCN1CCOCC1. The highest BCUT2D eigenvalue weighted by atomic mass is 16.6. The molecule has 0 bridgehead atoms. The quantitative estimate of drug-likeness (QED) is 0.267. The second kappa shape index (κ2) is 11.1. The van der Waals surface area contributed by atoms with Crippen LogP contribution >= 0.6 is 0 Å². The van der Waals surface area contributed by atoms with Gasteiger partial charge in [0.1, 0.15) is 5.75 Å². The van der Waals surface area contributed by atoms with Gasteiger partial charge in [-0.1, -0.05) is 18.2 Å². The van der Waals surface area contributed by atoms with Crippen LogP contribution in [0.25, 0.3) is 5.57 Å². The maximum absolute atomic E-state index is 10.8. The van der Waals surface area contributed by atoms with Gasteiger partial charge in [0, 0.05) is 61.0 Å². The van der Waals surface area contributed by atoms with Crippen molar-refractivity contribution >= 4 is 23.2 Å². The molecule has 2 aromatic rings. The molecule has 0 aliphatic carbocycles. The molecule has 0 saturated carbocycles. The van der Waals surface area contributed by atoms with Gasteiger partial charge in [-0.2, -0.15) is 0 Å². The number of nitrogens with zero attached hydrogens (tertiary/aromatic N) is 2. The fourth-order valence-electron chi connectivity index (χ4n) is 3.16. The van der Waals surface area contributed by atoms with Crippen LogP contribution < -0.4 is 10.1 Å². The molecule has 1 fully saturated rings. The second-order valence-corrected chi connectivity index (χ2v) is 6.84. The van der Waals surface area contributed by atoms with Crippen molar-refractivity contribution in [3.05, 3.63) is 70.4 Å². The lowest BCUT2D eigenvalue weighted by molar-refractivity contribution is -0.384. The predicted molar refractivity (Wildman–Crippen MR) is 117 cm³/mol. The van der Waals surface area contributed by atoms with E-state index in [1.807, 2.05) is 24.3 Å². The van der Waals surface area contributed by atoms with Gasteiger partial charge in [-0.25, -0.2) is 0 Å². The van der Waals surface area contributed by atoms with Crippen LogP contribution in [-0.4, -0.2) is 55.5 Å². The number of allylic oxidation sites excluding steroid dienone is 1. The molecule has 1 saturated heterocycles. The first-order valence-corrected chi connectivity index (χ1v) is 9.91. The average molecular weight is 410 g/mol. The van der Waals surface area contributed by atoms with Crippen molar-refractivity contribution in [2.24, 2.45) is 0 Å². The summed E-state index contributed by atoms with van der Waals surface area (Å²) < 4.78 is 11.4. The van der Waals surface area contributed by atoms with Crippen LogP contribution in [0.5, 0.6) is 5.75 Å². The summed E-state index contributed by atoms with van der Waals surface area (Å²) in [5.74, 6) is 0.722. The van der Waals surface area contributed by atoms with Crippen molar-refractivity contribution in [1.82, 2.24) is 4.90 Å². The van der Waals surface area contributed by atoms with Crippen LogP contribution in [-0.2, 0) is 4.74 Å². The normalized spacial score (nSPS) is 14.9. The van der Waals surface area contributed by atoms with E-state index in [-0.39, 0.29) is 5.69 Å². The summed E-state index contributed by atoms with van der Waals surface area (Å²) in [6.07, 6.45) is 3.87. The Morgan fingerprint density at radius 3 is 2.63 bits per heavy atom. The van der Waals surface area contributed by atoms with Gasteiger partial charge < -0.3 is 20.2 Å². The predicted octanol–water partition coefficient (Wildman–Crippen LogP) is 3.80. The van der Waals surface area contributed by atoms with E-state index in [1.165, 1.54) is 18.3 Å². The maximum Gasteiger partial charge on any atom is 0.269 e. The lowest BCUT2D eigenvalue weighted by Crippen LogP contribution is -2.37. The first kappa shape index (κ1) is 21.5. The lowest BCUT2D eigenvalue weighted by Gasteiger charge is -2.26. The number of nitrogens with one attached hydrogen (secondary N) is 2. The number of benzene rings is 2. The Labute approximate surface area is 175 Å². The summed E-state index contributed by atoms with van der Waals surface area (Å²) in [5, 5.41) is 21.7.